The molecule has 2 aromatic rings. The maximum atomic E-state index is 14.9. The third kappa shape index (κ3) is 4.51. The second-order valence-corrected chi connectivity index (χ2v) is 12.3. The number of aldehydes is 1. The number of carbonyl (C=O) groups excluding carboxylic acids is 2. The summed E-state index contributed by atoms with van der Waals surface area (Å²) in [5, 5.41) is 12.1. The lowest BCUT2D eigenvalue weighted by molar-refractivity contribution is -0.348. The Morgan fingerprint density at radius 3 is 2.15 bits per heavy atom. The molecule has 2 aliphatic rings. The Bertz CT molecular complexity index is 1440. The largest absolute Gasteiger partial charge is 0.435 e. The Balaban J connectivity index is 2.01. The van der Waals surface area contributed by atoms with Crippen LogP contribution in [0.1, 0.15) is 36.5 Å². The topological polar surface area (TPSA) is 101 Å². The number of fused-ring (bicyclic) bond motifs is 3. The van der Waals surface area contributed by atoms with Crippen molar-refractivity contribution in [3.8, 4) is 0 Å². The molecule has 224 valence electrons. The van der Waals surface area contributed by atoms with Crippen LogP contribution in [-0.2, 0) is 36.3 Å². The number of sulfone groups is 1. The minimum absolute atomic E-state index is 0.188. The number of nitrogens with one attached hydrogen (secondary N) is 1. The molecule has 0 heterocycles. The number of benzene rings is 2. The van der Waals surface area contributed by atoms with Crippen molar-refractivity contribution in [1.29, 1.82) is 0 Å². The molecule has 1 saturated carbocycles. The van der Waals surface area contributed by atoms with E-state index in [1.54, 1.807) is 0 Å². The van der Waals surface area contributed by atoms with E-state index in [0.29, 0.717) is 12.1 Å². The monoisotopic (exact) mass is 613 g/mol. The van der Waals surface area contributed by atoms with Crippen molar-refractivity contribution in [2.75, 3.05) is 0 Å². The Morgan fingerprint density at radius 1 is 1.05 bits per heavy atom. The van der Waals surface area contributed by atoms with Crippen molar-refractivity contribution in [3.63, 3.8) is 0 Å². The highest BCUT2D eigenvalue weighted by Crippen LogP contribution is 2.60. The van der Waals surface area contributed by atoms with Crippen LogP contribution in [0.5, 0.6) is 0 Å². The van der Waals surface area contributed by atoms with Gasteiger partial charge in [0, 0.05) is 23.4 Å². The van der Waals surface area contributed by atoms with E-state index in [1.807, 2.05) is 0 Å². The lowest BCUT2D eigenvalue weighted by atomic mass is 9.71. The molecule has 6 nitrogen and oxygen atoms in total. The van der Waals surface area contributed by atoms with E-state index < -0.39 is 78.8 Å². The number of amides is 1. The van der Waals surface area contributed by atoms with Crippen LogP contribution in [0.2, 0.25) is 0 Å². The number of rotatable bonds is 6. The summed E-state index contributed by atoms with van der Waals surface area (Å²) in [4.78, 5) is 24.2. The number of aryl methyl sites for hydroxylation is 1. The summed E-state index contributed by atoms with van der Waals surface area (Å²) in [5.74, 6) is -4.37. The molecule has 0 aromatic heterocycles. The first-order valence-electron chi connectivity index (χ1n) is 12.2. The highest BCUT2D eigenvalue weighted by molar-refractivity contribution is 7.92. The van der Waals surface area contributed by atoms with E-state index in [1.165, 1.54) is 0 Å². The zero-order chi connectivity index (χ0) is 30.8. The summed E-state index contributed by atoms with van der Waals surface area (Å²) in [7, 11) is -4.80. The van der Waals surface area contributed by atoms with Gasteiger partial charge in [0.1, 0.15) is 23.0 Å². The molecule has 1 unspecified atom stereocenters. The van der Waals surface area contributed by atoms with E-state index in [4.69, 9.17) is 0 Å². The Labute approximate surface area is 228 Å². The van der Waals surface area contributed by atoms with Crippen molar-refractivity contribution < 1.29 is 58.2 Å². The summed E-state index contributed by atoms with van der Waals surface area (Å²) in [6.45, 7) is 1.13. The molecule has 0 bridgehead atoms. The molecular formula is C26H23F8NO5S. The quantitative estimate of drug-likeness (QED) is 0.285. The average Bonchev–Trinajstić information content (AvgIpc) is 3.21. The maximum Gasteiger partial charge on any atom is 0.435 e. The van der Waals surface area contributed by atoms with Gasteiger partial charge < -0.3 is 15.2 Å². The fourth-order valence-electron chi connectivity index (χ4n) is 6.17. The predicted octanol–water partition coefficient (Wildman–Crippen LogP) is 4.43. The number of hydrogen-bond donors (Lipinski definition) is 2. The molecule has 4 rings (SSSR count). The maximum absolute atomic E-state index is 14.9. The van der Waals surface area contributed by atoms with Crippen LogP contribution in [0.15, 0.2) is 47.4 Å². The highest BCUT2D eigenvalue weighted by atomic mass is 32.2. The molecule has 0 radical (unpaired) electrons. The first-order chi connectivity index (χ1) is 18.8. The Hall–Kier alpha value is -3.07. The van der Waals surface area contributed by atoms with Gasteiger partial charge in [-0.3, -0.25) is 4.79 Å². The zero-order valence-electron chi connectivity index (χ0n) is 21.1. The van der Waals surface area contributed by atoms with Gasteiger partial charge in [0.15, 0.2) is 9.84 Å². The van der Waals surface area contributed by atoms with E-state index in [-0.39, 0.29) is 42.7 Å². The number of hydrogen-bond acceptors (Lipinski definition) is 5. The van der Waals surface area contributed by atoms with Gasteiger partial charge in [-0.2, -0.15) is 26.3 Å². The van der Waals surface area contributed by atoms with Gasteiger partial charge in [0.05, 0.1) is 4.90 Å². The van der Waals surface area contributed by atoms with Gasteiger partial charge in [0.25, 0.3) is 0 Å². The standard InChI is InChI=1S/C26H23F8NO5S/c1-13(37)22(38)35-21-11-16(12-36)23(41(39,40)18-6-4-17(27)5-7-18)19-9-3-15(10-14(19)2-8-20(21)23)24(28,25(29,30)31)26(32,33)34/h3-7,9-10,12-13,16,20-21,37H,2,8,11H2,1H3,(H,35,38)/t13-,16?,20+,21-,23+/m1/s1. The summed E-state index contributed by atoms with van der Waals surface area (Å²) in [5.41, 5.74) is -8.29. The van der Waals surface area contributed by atoms with Gasteiger partial charge in [-0.25, -0.2) is 17.2 Å². The minimum Gasteiger partial charge on any atom is -0.384 e. The molecule has 0 spiro atoms. The summed E-state index contributed by atoms with van der Waals surface area (Å²) < 4.78 is 136. The number of aliphatic hydroxyl groups excluding tert-OH is 1. The van der Waals surface area contributed by atoms with Crippen LogP contribution in [0.25, 0.3) is 0 Å². The summed E-state index contributed by atoms with van der Waals surface area (Å²) >= 11 is 0. The molecule has 1 fully saturated rings. The van der Waals surface area contributed by atoms with Crippen LogP contribution in [-0.4, -0.2) is 50.2 Å². The molecule has 2 N–H and O–H groups in total. The third-order valence-corrected chi connectivity index (χ3v) is 10.6. The van der Waals surface area contributed by atoms with E-state index in [2.05, 4.69) is 5.32 Å². The molecule has 0 aliphatic heterocycles. The number of alkyl halides is 7. The molecular weight excluding hydrogens is 590 g/mol. The smallest absolute Gasteiger partial charge is 0.384 e. The fraction of sp³-hybridized carbons (Fsp3) is 0.462. The van der Waals surface area contributed by atoms with Crippen LogP contribution in [0.3, 0.4) is 0 Å². The van der Waals surface area contributed by atoms with Crippen molar-refractivity contribution in [1.82, 2.24) is 5.32 Å². The van der Waals surface area contributed by atoms with Crippen molar-refractivity contribution in [3.05, 3.63) is 65.0 Å². The lowest BCUT2D eigenvalue weighted by Crippen LogP contribution is -2.53. The number of aliphatic hydroxyl groups is 1. The highest BCUT2D eigenvalue weighted by Gasteiger charge is 2.74. The van der Waals surface area contributed by atoms with Gasteiger partial charge in [-0.1, -0.05) is 18.2 Å². The van der Waals surface area contributed by atoms with E-state index in [0.717, 1.165) is 31.2 Å². The van der Waals surface area contributed by atoms with Crippen LogP contribution < -0.4 is 5.32 Å². The Morgan fingerprint density at radius 2 is 1.63 bits per heavy atom. The SMILES string of the molecule is C[C@@H](O)C(=O)N[C@@H]1CC(C=O)[C@]2(S(=O)(=O)c3ccc(F)cc3)c3ccc(C(F)(C(F)(F)F)C(F)(F)F)cc3CC[C@@H]12. The fourth-order valence-corrected chi connectivity index (χ4v) is 8.77. The van der Waals surface area contributed by atoms with Gasteiger partial charge in [-0.15, -0.1) is 0 Å². The lowest BCUT2D eigenvalue weighted by Gasteiger charge is -2.44. The van der Waals surface area contributed by atoms with Crippen molar-refractivity contribution in [2.45, 2.75) is 66.0 Å². The van der Waals surface area contributed by atoms with Crippen LogP contribution in [0.4, 0.5) is 35.1 Å². The van der Waals surface area contributed by atoms with E-state index >= 15 is 0 Å². The van der Waals surface area contributed by atoms with Gasteiger partial charge in [-0.05, 0) is 61.6 Å². The summed E-state index contributed by atoms with van der Waals surface area (Å²) in [6.07, 6.45) is -15.0. The average molecular weight is 614 g/mol. The van der Waals surface area contributed by atoms with Crippen LogP contribution >= 0.6 is 0 Å². The molecule has 1 amide bonds. The van der Waals surface area contributed by atoms with Crippen molar-refractivity contribution in [2.24, 2.45) is 11.8 Å². The minimum atomic E-state index is -6.41. The molecule has 2 aliphatic carbocycles. The molecule has 2 aromatic carbocycles. The van der Waals surface area contributed by atoms with Gasteiger partial charge in [0.2, 0.25) is 5.91 Å². The number of halogens is 8. The second kappa shape index (κ2) is 10.0. The molecule has 0 saturated heterocycles. The number of carbonyl (C=O) groups is 2. The van der Waals surface area contributed by atoms with Crippen LogP contribution in [0, 0.1) is 17.7 Å². The Kier molecular flexibility index (Phi) is 7.56. The zero-order valence-corrected chi connectivity index (χ0v) is 21.9. The molecule has 5 atom stereocenters. The first kappa shape index (κ1) is 30.9. The van der Waals surface area contributed by atoms with E-state index in [9.17, 15) is 58.2 Å². The second-order valence-electron chi connectivity index (χ2n) is 10.2. The van der Waals surface area contributed by atoms with Crippen molar-refractivity contribution >= 4 is 22.0 Å². The normalized spacial score (nSPS) is 25.7. The predicted molar refractivity (Wildman–Crippen MR) is 126 cm³/mol. The first-order valence-corrected chi connectivity index (χ1v) is 13.7. The summed E-state index contributed by atoms with van der Waals surface area (Å²) in [6, 6.07) is 3.47. The third-order valence-electron chi connectivity index (χ3n) is 7.97. The molecule has 15 heteroatoms. The molecule has 41 heavy (non-hydrogen) atoms. The van der Waals surface area contributed by atoms with Gasteiger partial charge >= 0.3 is 18.0 Å².